The highest BCUT2D eigenvalue weighted by molar-refractivity contribution is 9.10. The zero-order valence-electron chi connectivity index (χ0n) is 9.86. The van der Waals surface area contributed by atoms with Crippen molar-refractivity contribution in [1.82, 2.24) is 10.1 Å². The Hall–Kier alpha value is -1.27. The third kappa shape index (κ3) is 2.76. The monoisotopic (exact) mass is 313 g/mol. The summed E-state index contributed by atoms with van der Waals surface area (Å²) < 4.78 is 18.7. The molecular formula is C12H13BrFN3O. The van der Waals surface area contributed by atoms with E-state index >= 15 is 0 Å². The van der Waals surface area contributed by atoms with Crippen LogP contribution in [0, 0.1) is 5.82 Å². The first kappa shape index (κ1) is 13.2. The van der Waals surface area contributed by atoms with Gasteiger partial charge >= 0.3 is 0 Å². The number of rotatable bonds is 4. The van der Waals surface area contributed by atoms with Crippen LogP contribution in [0.15, 0.2) is 27.2 Å². The summed E-state index contributed by atoms with van der Waals surface area (Å²) in [6.45, 7) is 2.04. The lowest BCUT2D eigenvalue weighted by Gasteiger charge is -2.02. The highest BCUT2D eigenvalue weighted by atomic mass is 79.9. The molecule has 2 aromatic rings. The molecule has 1 unspecified atom stereocenters. The van der Waals surface area contributed by atoms with E-state index in [4.69, 9.17) is 10.3 Å². The van der Waals surface area contributed by atoms with Gasteiger partial charge in [-0.3, -0.25) is 0 Å². The minimum absolute atomic E-state index is 0.230. The molecule has 6 heteroatoms. The predicted octanol–water partition coefficient (Wildman–Crippen LogP) is 3.44. The lowest BCUT2D eigenvalue weighted by atomic mass is 10.2. The number of aromatic nitrogens is 2. The highest BCUT2D eigenvalue weighted by Gasteiger charge is 2.16. The van der Waals surface area contributed by atoms with Crippen LogP contribution in [0.1, 0.15) is 31.6 Å². The summed E-state index contributed by atoms with van der Waals surface area (Å²) in [6, 6.07) is 4.05. The molecule has 0 bridgehead atoms. The summed E-state index contributed by atoms with van der Waals surface area (Å²) in [5, 5.41) is 3.85. The largest absolute Gasteiger partial charge is 0.334 e. The van der Waals surface area contributed by atoms with Crippen molar-refractivity contribution in [2.24, 2.45) is 5.73 Å². The van der Waals surface area contributed by atoms with Crippen LogP contribution in [0.25, 0.3) is 11.5 Å². The molecule has 4 nitrogen and oxygen atoms in total. The minimum Gasteiger partial charge on any atom is -0.334 e. The SMILES string of the molecule is CCCC(N)c1noc(-c2ccc(F)cc2Br)n1. The van der Waals surface area contributed by atoms with Gasteiger partial charge in [0.25, 0.3) is 5.89 Å². The Labute approximate surface area is 113 Å². The van der Waals surface area contributed by atoms with Crippen molar-refractivity contribution in [3.8, 4) is 11.5 Å². The number of nitrogens with two attached hydrogens (primary N) is 1. The van der Waals surface area contributed by atoms with E-state index < -0.39 is 0 Å². The molecule has 0 radical (unpaired) electrons. The molecule has 96 valence electrons. The molecule has 18 heavy (non-hydrogen) atoms. The zero-order valence-corrected chi connectivity index (χ0v) is 11.4. The Morgan fingerprint density at radius 1 is 1.50 bits per heavy atom. The Morgan fingerprint density at radius 3 is 2.94 bits per heavy atom. The average molecular weight is 314 g/mol. The molecule has 0 saturated carbocycles. The molecule has 0 aliphatic heterocycles. The van der Waals surface area contributed by atoms with E-state index in [1.165, 1.54) is 12.1 Å². The van der Waals surface area contributed by atoms with Crippen LogP contribution >= 0.6 is 15.9 Å². The molecule has 0 spiro atoms. The number of halogens is 2. The quantitative estimate of drug-likeness (QED) is 0.939. The molecule has 0 aliphatic carbocycles. The minimum atomic E-state index is -0.326. The van der Waals surface area contributed by atoms with Gasteiger partial charge in [-0.1, -0.05) is 18.5 Å². The first-order valence-electron chi connectivity index (χ1n) is 5.66. The maximum Gasteiger partial charge on any atom is 0.259 e. The van der Waals surface area contributed by atoms with Crippen LogP contribution in [0.3, 0.4) is 0 Å². The van der Waals surface area contributed by atoms with E-state index in [0.29, 0.717) is 21.8 Å². The van der Waals surface area contributed by atoms with E-state index in [1.807, 2.05) is 6.92 Å². The van der Waals surface area contributed by atoms with E-state index in [2.05, 4.69) is 26.1 Å². The average Bonchev–Trinajstić information content (AvgIpc) is 2.78. The number of nitrogens with zero attached hydrogens (tertiary/aromatic N) is 2. The molecule has 0 amide bonds. The van der Waals surface area contributed by atoms with E-state index in [1.54, 1.807) is 6.07 Å². The third-order valence-corrected chi connectivity index (χ3v) is 3.19. The second-order valence-corrected chi connectivity index (χ2v) is 4.83. The van der Waals surface area contributed by atoms with Crippen molar-refractivity contribution < 1.29 is 8.91 Å². The molecule has 1 aromatic heterocycles. The first-order chi connectivity index (χ1) is 8.61. The van der Waals surface area contributed by atoms with E-state index in [9.17, 15) is 4.39 Å². The Morgan fingerprint density at radius 2 is 2.28 bits per heavy atom. The summed E-state index contributed by atoms with van der Waals surface area (Å²) in [5.74, 6) is 0.486. The summed E-state index contributed by atoms with van der Waals surface area (Å²) in [7, 11) is 0. The number of hydrogen-bond acceptors (Lipinski definition) is 4. The maximum atomic E-state index is 13.0. The fraction of sp³-hybridized carbons (Fsp3) is 0.333. The fourth-order valence-corrected chi connectivity index (χ4v) is 2.12. The molecular weight excluding hydrogens is 301 g/mol. The van der Waals surface area contributed by atoms with Crippen molar-refractivity contribution in [3.63, 3.8) is 0 Å². The van der Waals surface area contributed by atoms with Crippen LogP contribution in [0.4, 0.5) is 4.39 Å². The van der Waals surface area contributed by atoms with Crippen LogP contribution in [0.5, 0.6) is 0 Å². The second kappa shape index (κ2) is 5.58. The third-order valence-electron chi connectivity index (χ3n) is 2.53. The predicted molar refractivity (Wildman–Crippen MR) is 69.2 cm³/mol. The smallest absolute Gasteiger partial charge is 0.259 e. The van der Waals surface area contributed by atoms with Gasteiger partial charge in [-0.2, -0.15) is 4.98 Å². The Balaban J connectivity index is 2.29. The van der Waals surface area contributed by atoms with Crippen molar-refractivity contribution in [2.45, 2.75) is 25.8 Å². The summed E-state index contributed by atoms with van der Waals surface area (Å²) in [4.78, 5) is 4.23. The maximum absolute atomic E-state index is 13.0. The van der Waals surface area contributed by atoms with Gasteiger partial charge in [0.2, 0.25) is 0 Å². The van der Waals surface area contributed by atoms with E-state index in [-0.39, 0.29) is 11.9 Å². The van der Waals surface area contributed by atoms with Gasteiger partial charge in [-0.15, -0.1) is 0 Å². The molecule has 2 rings (SSSR count). The highest BCUT2D eigenvalue weighted by Crippen LogP contribution is 2.28. The Bertz CT molecular complexity index is 544. The van der Waals surface area contributed by atoms with Gasteiger partial charge < -0.3 is 10.3 Å². The lowest BCUT2D eigenvalue weighted by Crippen LogP contribution is -2.11. The molecule has 0 fully saturated rings. The molecule has 0 aliphatic rings. The molecule has 1 heterocycles. The van der Waals surface area contributed by atoms with Gasteiger partial charge in [0, 0.05) is 4.47 Å². The molecule has 0 saturated heterocycles. The second-order valence-electron chi connectivity index (χ2n) is 3.98. The Kier molecular flexibility index (Phi) is 4.08. The van der Waals surface area contributed by atoms with Crippen LogP contribution in [-0.4, -0.2) is 10.1 Å². The van der Waals surface area contributed by atoms with Crippen LogP contribution in [0.2, 0.25) is 0 Å². The lowest BCUT2D eigenvalue weighted by molar-refractivity contribution is 0.413. The van der Waals surface area contributed by atoms with Gasteiger partial charge in [0.05, 0.1) is 11.6 Å². The topological polar surface area (TPSA) is 64.9 Å². The van der Waals surface area contributed by atoms with Crippen molar-refractivity contribution in [3.05, 3.63) is 34.3 Å². The van der Waals surface area contributed by atoms with Gasteiger partial charge in [-0.05, 0) is 40.5 Å². The summed E-state index contributed by atoms with van der Waals surface area (Å²) in [6.07, 6.45) is 1.74. The van der Waals surface area contributed by atoms with E-state index in [0.717, 1.165) is 12.8 Å². The first-order valence-corrected chi connectivity index (χ1v) is 6.45. The summed E-state index contributed by atoms with van der Waals surface area (Å²) >= 11 is 3.26. The number of hydrogen-bond donors (Lipinski definition) is 1. The van der Waals surface area contributed by atoms with Crippen LogP contribution in [-0.2, 0) is 0 Å². The van der Waals surface area contributed by atoms with Crippen LogP contribution < -0.4 is 5.73 Å². The van der Waals surface area contributed by atoms with Crippen molar-refractivity contribution in [2.75, 3.05) is 0 Å². The number of benzene rings is 1. The standard InChI is InChI=1S/C12H13BrFN3O/c1-2-3-10(15)11-16-12(18-17-11)8-5-4-7(14)6-9(8)13/h4-6,10H,2-3,15H2,1H3. The fourth-order valence-electron chi connectivity index (χ4n) is 1.60. The van der Waals surface area contributed by atoms with Gasteiger partial charge in [0.15, 0.2) is 5.82 Å². The molecule has 1 atom stereocenters. The van der Waals surface area contributed by atoms with Crippen molar-refractivity contribution in [1.29, 1.82) is 0 Å². The molecule has 2 N–H and O–H groups in total. The normalized spacial score (nSPS) is 12.7. The summed E-state index contributed by atoms with van der Waals surface area (Å²) in [5.41, 5.74) is 6.55. The van der Waals surface area contributed by atoms with Crippen molar-refractivity contribution >= 4 is 15.9 Å². The van der Waals surface area contributed by atoms with Gasteiger partial charge in [0.1, 0.15) is 5.82 Å². The molecule has 1 aromatic carbocycles. The zero-order chi connectivity index (χ0) is 13.1. The van der Waals surface area contributed by atoms with Gasteiger partial charge in [-0.25, -0.2) is 4.39 Å².